The summed E-state index contributed by atoms with van der Waals surface area (Å²) in [7, 11) is 5.61. The minimum absolute atomic E-state index is 0.0248. The van der Waals surface area contributed by atoms with Crippen molar-refractivity contribution >= 4 is 33.3 Å². The maximum Gasteiger partial charge on any atom is 0.229 e. The highest BCUT2D eigenvalue weighted by Crippen LogP contribution is 2.41. The van der Waals surface area contributed by atoms with E-state index in [-0.39, 0.29) is 12.3 Å². The van der Waals surface area contributed by atoms with Gasteiger partial charge in [0.05, 0.1) is 25.0 Å². The van der Waals surface area contributed by atoms with Crippen LogP contribution in [0.5, 0.6) is 0 Å². The third-order valence-electron chi connectivity index (χ3n) is 4.48. The molecule has 4 rings (SSSR count). The number of likely N-dealkylation sites (N-methyl/N-ethyl adjacent to an activating group) is 1. The number of nitrogens with zero attached hydrogens (tertiary/aromatic N) is 4. The number of hydrogen-bond donors (Lipinski definition) is 0. The predicted molar refractivity (Wildman–Crippen MR) is 89.7 cm³/mol. The van der Waals surface area contributed by atoms with Crippen LogP contribution in [0.15, 0.2) is 0 Å². The number of carbonyl (C=O) groups excluding carboxylic acids is 1. The fraction of sp³-hybridized carbons (Fsp3) is 0.562. The molecule has 0 atom stereocenters. The molecule has 23 heavy (non-hydrogen) atoms. The van der Waals surface area contributed by atoms with Crippen LogP contribution < -0.4 is 4.90 Å². The molecule has 2 aromatic heterocycles. The zero-order valence-corrected chi connectivity index (χ0v) is 14.4. The summed E-state index contributed by atoms with van der Waals surface area (Å²) in [5.74, 6) is 1.60. The Kier molecular flexibility index (Phi) is 3.50. The van der Waals surface area contributed by atoms with E-state index in [0.717, 1.165) is 16.0 Å². The number of amides is 1. The molecule has 6 nitrogen and oxygen atoms in total. The number of rotatable bonds is 4. The van der Waals surface area contributed by atoms with Crippen LogP contribution in [-0.4, -0.2) is 48.0 Å². The van der Waals surface area contributed by atoms with Crippen molar-refractivity contribution in [3.8, 4) is 0 Å². The monoisotopic (exact) mass is 332 g/mol. The number of fused-ring (bicyclic) bond motifs is 3. The van der Waals surface area contributed by atoms with E-state index in [9.17, 15) is 4.79 Å². The summed E-state index contributed by atoms with van der Waals surface area (Å²) < 4.78 is 5.58. The first-order chi connectivity index (χ1) is 11.0. The topological polar surface area (TPSA) is 58.6 Å². The van der Waals surface area contributed by atoms with Crippen LogP contribution in [0.2, 0.25) is 0 Å². The first kappa shape index (κ1) is 14.8. The van der Waals surface area contributed by atoms with E-state index in [2.05, 4.69) is 16.9 Å². The maximum atomic E-state index is 12.0. The Morgan fingerprint density at radius 3 is 2.74 bits per heavy atom. The Labute approximate surface area is 139 Å². The molecule has 1 saturated carbocycles. The lowest BCUT2D eigenvalue weighted by molar-refractivity contribution is -0.128. The summed E-state index contributed by atoms with van der Waals surface area (Å²) >= 11 is 1.67. The molecule has 122 valence electrons. The van der Waals surface area contributed by atoms with Crippen molar-refractivity contribution in [3.05, 3.63) is 16.3 Å². The molecule has 0 spiro atoms. The third-order valence-corrected chi connectivity index (χ3v) is 5.58. The van der Waals surface area contributed by atoms with Crippen LogP contribution in [0, 0.1) is 0 Å². The summed E-state index contributed by atoms with van der Waals surface area (Å²) in [5.41, 5.74) is 1.23. The van der Waals surface area contributed by atoms with Crippen LogP contribution in [0.4, 0.5) is 5.82 Å². The minimum Gasteiger partial charge on any atom is -0.371 e. The summed E-state index contributed by atoms with van der Waals surface area (Å²) in [5, 5.41) is 1.12. The summed E-state index contributed by atoms with van der Waals surface area (Å²) in [4.78, 5) is 27.5. The van der Waals surface area contributed by atoms with Crippen molar-refractivity contribution in [2.75, 3.05) is 26.0 Å². The van der Waals surface area contributed by atoms with Gasteiger partial charge in [-0.1, -0.05) is 0 Å². The number of thiophene rings is 1. The van der Waals surface area contributed by atoms with E-state index in [1.807, 2.05) is 0 Å². The molecule has 2 aliphatic rings. The second-order valence-corrected chi connectivity index (χ2v) is 7.53. The Bertz CT molecular complexity index is 782. The molecule has 0 radical (unpaired) electrons. The van der Waals surface area contributed by atoms with E-state index < -0.39 is 0 Å². The second-order valence-electron chi connectivity index (χ2n) is 6.45. The third kappa shape index (κ3) is 2.57. The molecule has 1 fully saturated rings. The van der Waals surface area contributed by atoms with Crippen LogP contribution in [0.1, 0.15) is 29.1 Å². The molecule has 0 bridgehead atoms. The van der Waals surface area contributed by atoms with Gasteiger partial charge in [-0.15, -0.1) is 11.3 Å². The van der Waals surface area contributed by atoms with Gasteiger partial charge in [-0.3, -0.25) is 4.79 Å². The normalized spacial score (nSPS) is 16.7. The fourth-order valence-electron chi connectivity index (χ4n) is 2.90. The summed E-state index contributed by atoms with van der Waals surface area (Å²) in [6.07, 6.45) is 2.65. The average molecular weight is 332 g/mol. The number of carbonyl (C=O) groups is 1. The van der Waals surface area contributed by atoms with E-state index in [0.29, 0.717) is 25.1 Å². The largest absolute Gasteiger partial charge is 0.371 e. The molecular weight excluding hydrogens is 312 g/mol. The molecule has 7 heteroatoms. The van der Waals surface area contributed by atoms with Crippen molar-refractivity contribution < 1.29 is 9.53 Å². The average Bonchev–Trinajstić information content (AvgIpc) is 3.16. The highest BCUT2D eigenvalue weighted by Gasteiger charge is 2.31. The Hall–Kier alpha value is -1.73. The molecule has 0 N–H and O–H groups in total. The minimum atomic E-state index is 0.0248. The molecule has 3 heterocycles. The van der Waals surface area contributed by atoms with Gasteiger partial charge < -0.3 is 14.5 Å². The molecule has 1 aliphatic heterocycles. The quantitative estimate of drug-likeness (QED) is 0.856. The Morgan fingerprint density at radius 2 is 2.04 bits per heavy atom. The first-order valence-corrected chi connectivity index (χ1v) is 8.68. The summed E-state index contributed by atoms with van der Waals surface area (Å²) in [6.45, 7) is 1.30. The van der Waals surface area contributed by atoms with E-state index in [1.54, 1.807) is 30.3 Å². The molecular formula is C16H20N4O2S. The van der Waals surface area contributed by atoms with E-state index in [1.165, 1.54) is 23.3 Å². The van der Waals surface area contributed by atoms with Crippen LogP contribution >= 0.6 is 11.3 Å². The van der Waals surface area contributed by atoms with Gasteiger partial charge in [-0.05, 0) is 12.8 Å². The van der Waals surface area contributed by atoms with Crippen LogP contribution in [0.25, 0.3) is 10.2 Å². The standard InChI is InChI=1S/C16H20N4O2S/c1-19(2)13(21)6-12-17-15(20(3)9-4-5-9)14-10-7-22-8-11(10)23-16(14)18-12/h9H,4-8H2,1-3H3. The molecule has 2 aromatic rings. The van der Waals surface area contributed by atoms with Gasteiger partial charge in [-0.25, -0.2) is 9.97 Å². The van der Waals surface area contributed by atoms with Gasteiger partial charge in [0.1, 0.15) is 16.5 Å². The Morgan fingerprint density at radius 1 is 1.26 bits per heavy atom. The zero-order chi connectivity index (χ0) is 16.1. The lowest BCUT2D eigenvalue weighted by atomic mass is 10.2. The van der Waals surface area contributed by atoms with Crippen molar-refractivity contribution in [3.63, 3.8) is 0 Å². The van der Waals surface area contributed by atoms with Crippen molar-refractivity contribution in [2.45, 2.75) is 38.5 Å². The van der Waals surface area contributed by atoms with E-state index >= 15 is 0 Å². The number of hydrogen-bond acceptors (Lipinski definition) is 6. The fourth-order valence-corrected chi connectivity index (χ4v) is 4.03. The van der Waals surface area contributed by atoms with Gasteiger partial charge in [0.2, 0.25) is 5.91 Å². The highest BCUT2D eigenvalue weighted by atomic mass is 32.1. The molecule has 0 unspecified atom stereocenters. The van der Waals surface area contributed by atoms with Crippen molar-refractivity contribution in [2.24, 2.45) is 0 Å². The van der Waals surface area contributed by atoms with Gasteiger partial charge in [0, 0.05) is 37.6 Å². The molecule has 1 amide bonds. The summed E-state index contributed by atoms with van der Waals surface area (Å²) in [6, 6.07) is 0.559. The number of ether oxygens (including phenoxy) is 1. The van der Waals surface area contributed by atoms with E-state index in [4.69, 9.17) is 9.72 Å². The van der Waals surface area contributed by atoms with Crippen LogP contribution in [0.3, 0.4) is 0 Å². The van der Waals surface area contributed by atoms with Gasteiger partial charge in [0.25, 0.3) is 0 Å². The molecule has 0 saturated heterocycles. The predicted octanol–water partition coefficient (Wildman–Crippen LogP) is 1.95. The second kappa shape index (κ2) is 5.42. The molecule has 0 aromatic carbocycles. The first-order valence-electron chi connectivity index (χ1n) is 7.86. The van der Waals surface area contributed by atoms with Crippen molar-refractivity contribution in [1.82, 2.24) is 14.9 Å². The van der Waals surface area contributed by atoms with Gasteiger partial charge in [-0.2, -0.15) is 0 Å². The number of anilines is 1. The smallest absolute Gasteiger partial charge is 0.229 e. The SMILES string of the molecule is CN(C)C(=O)Cc1nc(N(C)C2CC2)c2c3c(sc2n1)COC3. The lowest BCUT2D eigenvalue weighted by Crippen LogP contribution is -2.26. The molecule has 1 aliphatic carbocycles. The zero-order valence-electron chi connectivity index (χ0n) is 13.6. The van der Waals surface area contributed by atoms with Crippen molar-refractivity contribution in [1.29, 1.82) is 0 Å². The lowest BCUT2D eigenvalue weighted by Gasteiger charge is -2.20. The van der Waals surface area contributed by atoms with Gasteiger partial charge >= 0.3 is 0 Å². The van der Waals surface area contributed by atoms with Gasteiger partial charge in [0.15, 0.2) is 0 Å². The maximum absolute atomic E-state index is 12.0. The highest BCUT2D eigenvalue weighted by molar-refractivity contribution is 7.19. The van der Waals surface area contributed by atoms with Crippen LogP contribution in [-0.2, 0) is 29.2 Å². The number of aromatic nitrogens is 2. The Balaban J connectivity index is 1.82.